The summed E-state index contributed by atoms with van der Waals surface area (Å²) in [4.78, 5) is 32.7. The minimum absolute atomic E-state index is 0. The summed E-state index contributed by atoms with van der Waals surface area (Å²) in [5.74, 6) is 0.759. The highest BCUT2D eigenvalue weighted by atomic mass is 127. The van der Waals surface area contributed by atoms with Crippen molar-refractivity contribution in [2.75, 3.05) is 45.1 Å². The quantitative estimate of drug-likeness (QED) is 0.356. The van der Waals surface area contributed by atoms with Gasteiger partial charge in [0.2, 0.25) is 5.91 Å². The molecule has 3 rings (SSSR count). The number of amides is 2. The number of rotatable bonds is 5. The van der Waals surface area contributed by atoms with Crippen LogP contribution in [0, 0.1) is 0 Å². The van der Waals surface area contributed by atoms with Crippen molar-refractivity contribution < 1.29 is 14.0 Å². The van der Waals surface area contributed by atoms with E-state index < -0.39 is 0 Å². The second-order valence-electron chi connectivity index (χ2n) is 6.76. The van der Waals surface area contributed by atoms with Crippen molar-refractivity contribution in [3.63, 3.8) is 0 Å². The number of carbonyl (C=O) groups is 2. The predicted molar refractivity (Wildman–Crippen MR) is 127 cm³/mol. The molecule has 1 aromatic carbocycles. The van der Waals surface area contributed by atoms with E-state index >= 15 is 0 Å². The molecule has 0 unspecified atom stereocenters. The average molecular weight is 525 g/mol. The van der Waals surface area contributed by atoms with Gasteiger partial charge in [-0.2, -0.15) is 0 Å². The fraction of sp³-hybridized carbons (Fsp3) is 0.381. The molecule has 0 spiro atoms. The van der Waals surface area contributed by atoms with Gasteiger partial charge < -0.3 is 24.9 Å². The molecule has 0 saturated carbocycles. The van der Waals surface area contributed by atoms with Crippen LogP contribution in [0.4, 0.5) is 5.69 Å². The van der Waals surface area contributed by atoms with Crippen LogP contribution < -0.4 is 10.6 Å². The third-order valence-electron chi connectivity index (χ3n) is 4.84. The lowest BCUT2D eigenvalue weighted by Gasteiger charge is -2.36. The van der Waals surface area contributed by atoms with E-state index in [4.69, 9.17) is 4.42 Å². The minimum Gasteiger partial charge on any atom is -0.459 e. The van der Waals surface area contributed by atoms with E-state index in [0.717, 1.165) is 12.1 Å². The van der Waals surface area contributed by atoms with Gasteiger partial charge in [-0.05, 0) is 36.2 Å². The molecular weight excluding hydrogens is 497 g/mol. The summed E-state index contributed by atoms with van der Waals surface area (Å²) in [5, 5.41) is 6.00. The molecule has 1 aliphatic heterocycles. The summed E-state index contributed by atoms with van der Waals surface area (Å²) in [5.41, 5.74) is 1.96. The van der Waals surface area contributed by atoms with Crippen molar-refractivity contribution in [3.8, 4) is 0 Å². The van der Waals surface area contributed by atoms with Gasteiger partial charge in [-0.1, -0.05) is 19.1 Å². The number of piperazine rings is 1. The van der Waals surface area contributed by atoms with Gasteiger partial charge in [-0.25, -0.2) is 0 Å². The Hall–Kier alpha value is -2.56. The highest BCUT2D eigenvalue weighted by Crippen LogP contribution is 2.11. The van der Waals surface area contributed by atoms with Crippen molar-refractivity contribution in [2.45, 2.75) is 13.3 Å². The third kappa shape index (κ3) is 6.22. The smallest absolute Gasteiger partial charge is 0.289 e. The van der Waals surface area contributed by atoms with Gasteiger partial charge in [0.1, 0.15) is 0 Å². The van der Waals surface area contributed by atoms with Crippen LogP contribution in [0.15, 0.2) is 52.1 Å². The fourth-order valence-electron chi connectivity index (χ4n) is 3.24. The van der Waals surface area contributed by atoms with Gasteiger partial charge in [-0.3, -0.25) is 14.6 Å². The number of aliphatic imine (C=N–C) groups is 1. The van der Waals surface area contributed by atoms with Crippen molar-refractivity contribution in [3.05, 3.63) is 54.0 Å². The molecule has 0 aliphatic carbocycles. The van der Waals surface area contributed by atoms with E-state index in [1.165, 1.54) is 11.8 Å². The van der Waals surface area contributed by atoms with Gasteiger partial charge in [-0.15, -0.1) is 24.0 Å². The number of nitrogens with one attached hydrogen (secondary N) is 2. The largest absolute Gasteiger partial charge is 0.459 e. The number of guanidine groups is 1. The number of hydrogen-bond acceptors (Lipinski definition) is 4. The lowest BCUT2D eigenvalue weighted by molar-refractivity contribution is -0.115. The number of halogens is 1. The molecule has 2 amide bonds. The number of carbonyl (C=O) groups excluding carboxylic acids is 2. The highest BCUT2D eigenvalue weighted by Gasteiger charge is 2.25. The van der Waals surface area contributed by atoms with Gasteiger partial charge in [0, 0.05) is 38.9 Å². The number of furan rings is 1. The number of aryl methyl sites for hydroxylation is 1. The van der Waals surface area contributed by atoms with Crippen molar-refractivity contribution in [2.24, 2.45) is 4.99 Å². The van der Waals surface area contributed by atoms with Crippen LogP contribution in [0.2, 0.25) is 0 Å². The van der Waals surface area contributed by atoms with Crippen LogP contribution in [-0.4, -0.2) is 67.3 Å². The van der Waals surface area contributed by atoms with E-state index in [1.807, 2.05) is 29.2 Å². The van der Waals surface area contributed by atoms with Gasteiger partial charge in [0.25, 0.3) is 5.91 Å². The standard InChI is InChI=1S/C21H27N5O3.HI/c1-3-16-6-4-7-17(14-16)24-19(27)15-23-21(22-2)26-11-9-25(10-12-26)20(28)18-8-5-13-29-18;/h4-8,13-14H,3,9-12,15H2,1-2H3,(H,22,23)(H,24,27);1H. The SMILES string of the molecule is CCc1cccc(NC(=O)CNC(=NC)N2CCN(C(=O)c3ccco3)CC2)c1.I. The minimum atomic E-state index is -0.133. The number of hydrogen-bond donors (Lipinski definition) is 2. The molecule has 1 fully saturated rings. The summed E-state index contributed by atoms with van der Waals surface area (Å²) in [6.45, 7) is 4.59. The van der Waals surface area contributed by atoms with Crippen LogP contribution >= 0.6 is 24.0 Å². The first kappa shape index (κ1) is 23.7. The maximum Gasteiger partial charge on any atom is 0.289 e. The van der Waals surface area contributed by atoms with Gasteiger partial charge >= 0.3 is 0 Å². The van der Waals surface area contributed by atoms with E-state index in [1.54, 1.807) is 24.1 Å². The third-order valence-corrected chi connectivity index (χ3v) is 4.84. The van der Waals surface area contributed by atoms with Gasteiger partial charge in [0.05, 0.1) is 12.8 Å². The number of anilines is 1. The first-order valence-corrected chi connectivity index (χ1v) is 9.78. The maximum absolute atomic E-state index is 12.4. The Morgan fingerprint density at radius 3 is 2.47 bits per heavy atom. The molecule has 1 saturated heterocycles. The van der Waals surface area contributed by atoms with Crippen LogP contribution in [-0.2, 0) is 11.2 Å². The van der Waals surface area contributed by atoms with E-state index in [0.29, 0.717) is 37.9 Å². The van der Waals surface area contributed by atoms with Crippen LogP contribution in [0.3, 0.4) is 0 Å². The molecule has 8 nitrogen and oxygen atoms in total. The maximum atomic E-state index is 12.4. The molecular formula is C21H28IN5O3. The molecule has 30 heavy (non-hydrogen) atoms. The summed E-state index contributed by atoms with van der Waals surface area (Å²) in [7, 11) is 1.69. The van der Waals surface area contributed by atoms with Crippen molar-refractivity contribution in [1.82, 2.24) is 15.1 Å². The van der Waals surface area contributed by atoms with Crippen LogP contribution in [0.1, 0.15) is 23.0 Å². The molecule has 0 bridgehead atoms. The van der Waals surface area contributed by atoms with E-state index in [-0.39, 0.29) is 42.3 Å². The molecule has 0 atom stereocenters. The second kappa shape index (κ2) is 11.6. The fourth-order valence-corrected chi connectivity index (χ4v) is 3.24. The first-order chi connectivity index (χ1) is 14.1. The monoisotopic (exact) mass is 525 g/mol. The lowest BCUT2D eigenvalue weighted by Crippen LogP contribution is -2.54. The predicted octanol–water partition coefficient (Wildman–Crippen LogP) is 2.43. The average Bonchev–Trinajstić information content (AvgIpc) is 3.29. The van der Waals surface area contributed by atoms with Crippen molar-refractivity contribution >= 4 is 47.4 Å². The second-order valence-corrected chi connectivity index (χ2v) is 6.76. The van der Waals surface area contributed by atoms with E-state index in [9.17, 15) is 9.59 Å². The zero-order chi connectivity index (χ0) is 20.6. The number of nitrogens with zero attached hydrogens (tertiary/aromatic N) is 3. The Bertz CT molecular complexity index is 861. The van der Waals surface area contributed by atoms with Crippen LogP contribution in [0.25, 0.3) is 0 Å². The molecule has 0 radical (unpaired) electrons. The molecule has 162 valence electrons. The Morgan fingerprint density at radius 1 is 1.10 bits per heavy atom. The van der Waals surface area contributed by atoms with Crippen molar-refractivity contribution in [1.29, 1.82) is 0 Å². The number of benzene rings is 1. The van der Waals surface area contributed by atoms with Gasteiger partial charge in [0.15, 0.2) is 11.7 Å². The summed E-state index contributed by atoms with van der Waals surface area (Å²) >= 11 is 0. The molecule has 2 heterocycles. The lowest BCUT2D eigenvalue weighted by atomic mass is 10.1. The van der Waals surface area contributed by atoms with E-state index in [2.05, 4.69) is 22.5 Å². The Kier molecular flexibility index (Phi) is 9.15. The topological polar surface area (TPSA) is 90.2 Å². The molecule has 9 heteroatoms. The Balaban J connectivity index is 0.00000320. The first-order valence-electron chi connectivity index (χ1n) is 9.78. The molecule has 1 aliphatic rings. The normalized spacial score (nSPS) is 14.1. The zero-order valence-electron chi connectivity index (χ0n) is 17.3. The Morgan fingerprint density at radius 2 is 1.83 bits per heavy atom. The molecule has 1 aromatic heterocycles. The summed E-state index contributed by atoms with van der Waals surface area (Å²) < 4.78 is 5.19. The Labute approximate surface area is 193 Å². The zero-order valence-corrected chi connectivity index (χ0v) is 19.6. The molecule has 2 aromatic rings. The summed E-state index contributed by atoms with van der Waals surface area (Å²) in [6, 6.07) is 11.2. The highest BCUT2D eigenvalue weighted by molar-refractivity contribution is 14.0. The molecule has 2 N–H and O–H groups in total. The van der Waals surface area contributed by atoms with Crippen LogP contribution in [0.5, 0.6) is 0 Å². The summed E-state index contributed by atoms with van der Waals surface area (Å²) in [6.07, 6.45) is 2.42.